The second-order valence-electron chi connectivity index (χ2n) is 4.65. The summed E-state index contributed by atoms with van der Waals surface area (Å²) in [6, 6.07) is 9.33. The predicted octanol–water partition coefficient (Wildman–Crippen LogP) is 2.55. The van der Waals surface area contributed by atoms with Crippen LogP contribution in [0, 0.1) is 13.8 Å². The highest BCUT2D eigenvalue weighted by Gasteiger charge is 2.10. The van der Waals surface area contributed by atoms with Crippen LogP contribution >= 0.6 is 11.6 Å². The number of carbonyl (C=O) groups is 1. The van der Waals surface area contributed by atoms with Gasteiger partial charge in [0.15, 0.2) is 0 Å². The molecule has 0 aliphatic carbocycles. The largest absolute Gasteiger partial charge is 0.288 e. The van der Waals surface area contributed by atoms with Gasteiger partial charge in [-0.1, -0.05) is 18.2 Å². The number of rotatable bonds is 4. The van der Waals surface area contributed by atoms with Gasteiger partial charge in [0.1, 0.15) is 5.69 Å². The zero-order valence-corrected chi connectivity index (χ0v) is 12.1. The van der Waals surface area contributed by atoms with E-state index >= 15 is 0 Å². The van der Waals surface area contributed by atoms with E-state index in [1.54, 1.807) is 4.68 Å². The monoisotopic (exact) mass is 290 g/mol. The molecule has 0 radical (unpaired) electrons. The molecule has 4 nitrogen and oxygen atoms in total. The number of aromatic nitrogens is 2. The summed E-state index contributed by atoms with van der Waals surface area (Å²) in [6.07, 6.45) is 0.369. The molecule has 0 amide bonds. The van der Waals surface area contributed by atoms with Crippen LogP contribution < -0.4 is 5.43 Å². The van der Waals surface area contributed by atoms with Gasteiger partial charge in [0.05, 0.1) is 5.69 Å². The van der Waals surface area contributed by atoms with Crippen molar-refractivity contribution in [2.75, 3.05) is 0 Å². The van der Waals surface area contributed by atoms with Gasteiger partial charge in [-0.15, -0.1) is 0 Å². The number of aryl methyl sites for hydroxylation is 3. The summed E-state index contributed by atoms with van der Waals surface area (Å²) < 4.78 is 1.73. The smallest absolute Gasteiger partial charge is 0.222 e. The lowest BCUT2D eigenvalue weighted by Gasteiger charge is -2.13. The molecule has 0 saturated heterocycles. The molecule has 0 unspecified atom stereocenters. The fourth-order valence-corrected chi connectivity index (χ4v) is 2.11. The summed E-state index contributed by atoms with van der Waals surface area (Å²) in [5, 5.41) is 3.90. The Labute approximate surface area is 122 Å². The van der Waals surface area contributed by atoms with Crippen LogP contribution in [0.25, 0.3) is 5.69 Å². The minimum absolute atomic E-state index is 0.112. The first-order valence-corrected chi connectivity index (χ1v) is 6.71. The molecule has 1 heterocycles. The second kappa shape index (κ2) is 6.01. The van der Waals surface area contributed by atoms with Crippen molar-refractivity contribution in [1.82, 2.24) is 9.78 Å². The molecule has 0 spiro atoms. The number of benzene rings is 1. The predicted molar refractivity (Wildman–Crippen MR) is 78.5 cm³/mol. The Morgan fingerprint density at radius 1 is 1.30 bits per heavy atom. The molecule has 0 fully saturated rings. The van der Waals surface area contributed by atoms with Crippen molar-refractivity contribution in [2.45, 2.75) is 26.7 Å². The van der Waals surface area contributed by atoms with Gasteiger partial charge in [-0.3, -0.25) is 9.59 Å². The van der Waals surface area contributed by atoms with Gasteiger partial charge in [0, 0.05) is 24.6 Å². The molecule has 1 aromatic carbocycles. The lowest BCUT2D eigenvalue weighted by molar-refractivity contribution is -0.111. The third-order valence-electron chi connectivity index (χ3n) is 3.08. The molecule has 0 aliphatic heterocycles. The van der Waals surface area contributed by atoms with Crippen LogP contribution in [-0.2, 0) is 11.2 Å². The van der Waals surface area contributed by atoms with E-state index in [1.165, 1.54) is 6.07 Å². The fraction of sp³-hybridized carbons (Fsp3) is 0.267. The van der Waals surface area contributed by atoms with E-state index in [2.05, 4.69) is 5.10 Å². The van der Waals surface area contributed by atoms with E-state index in [1.807, 2.05) is 38.1 Å². The van der Waals surface area contributed by atoms with Gasteiger partial charge < -0.3 is 0 Å². The van der Waals surface area contributed by atoms with E-state index in [4.69, 9.17) is 11.6 Å². The maximum absolute atomic E-state index is 11.9. The van der Waals surface area contributed by atoms with Crippen molar-refractivity contribution < 1.29 is 4.79 Å². The Morgan fingerprint density at radius 2 is 2.00 bits per heavy atom. The molecule has 0 N–H and O–H groups in total. The first-order chi connectivity index (χ1) is 9.49. The normalized spacial score (nSPS) is 10.6. The molecular formula is C15H15ClN2O2. The maximum atomic E-state index is 11.9. The highest BCUT2D eigenvalue weighted by molar-refractivity contribution is 6.63. The quantitative estimate of drug-likeness (QED) is 0.813. The van der Waals surface area contributed by atoms with Crippen LogP contribution in [0.15, 0.2) is 35.1 Å². The van der Waals surface area contributed by atoms with Gasteiger partial charge in [-0.05, 0) is 37.1 Å². The van der Waals surface area contributed by atoms with Gasteiger partial charge in [-0.2, -0.15) is 5.10 Å². The van der Waals surface area contributed by atoms with Crippen LogP contribution in [0.3, 0.4) is 0 Å². The van der Waals surface area contributed by atoms with Gasteiger partial charge in [0.25, 0.3) is 0 Å². The number of hydrogen-bond donors (Lipinski definition) is 0. The average molecular weight is 291 g/mol. The highest BCUT2D eigenvalue weighted by Crippen LogP contribution is 2.14. The molecule has 20 heavy (non-hydrogen) atoms. The van der Waals surface area contributed by atoms with E-state index in [9.17, 15) is 9.59 Å². The summed E-state index contributed by atoms with van der Waals surface area (Å²) in [4.78, 5) is 22.7. The molecule has 0 bridgehead atoms. The summed E-state index contributed by atoms with van der Waals surface area (Å²) in [6.45, 7) is 3.81. The van der Waals surface area contributed by atoms with E-state index in [0.29, 0.717) is 5.69 Å². The summed E-state index contributed by atoms with van der Waals surface area (Å²) in [5.41, 5.74) is 2.93. The molecule has 0 saturated carbocycles. The Hall–Kier alpha value is -1.94. The van der Waals surface area contributed by atoms with Crippen molar-refractivity contribution in [3.05, 3.63) is 57.5 Å². The number of nitrogens with zero attached hydrogens (tertiary/aromatic N) is 2. The summed E-state index contributed by atoms with van der Waals surface area (Å²) in [7, 11) is 0. The Balaban J connectivity index is 2.49. The number of halogens is 1. The SMILES string of the molecule is Cc1ccccc1-n1nc(CCC(=O)Cl)c(=O)cc1C. The minimum atomic E-state index is -0.464. The van der Waals surface area contributed by atoms with E-state index < -0.39 is 5.24 Å². The Bertz CT molecular complexity index is 707. The first-order valence-electron chi connectivity index (χ1n) is 6.33. The zero-order chi connectivity index (χ0) is 14.7. The number of carbonyl (C=O) groups excluding carboxylic acids is 1. The third kappa shape index (κ3) is 3.14. The van der Waals surface area contributed by atoms with Crippen molar-refractivity contribution in [3.8, 4) is 5.69 Å². The van der Waals surface area contributed by atoms with Gasteiger partial charge in [0.2, 0.25) is 10.7 Å². The van der Waals surface area contributed by atoms with Crippen LogP contribution in [0.4, 0.5) is 0 Å². The second-order valence-corrected chi connectivity index (χ2v) is 5.07. The standard InChI is InChI=1S/C15H15ClN2O2/c1-10-5-3-4-6-13(10)18-11(2)9-14(19)12(17-18)7-8-15(16)20/h3-6,9H,7-8H2,1-2H3. The molecule has 2 aromatic rings. The van der Waals surface area contributed by atoms with E-state index in [-0.39, 0.29) is 18.3 Å². The van der Waals surface area contributed by atoms with Gasteiger partial charge >= 0.3 is 0 Å². The van der Waals surface area contributed by atoms with Crippen molar-refractivity contribution in [1.29, 1.82) is 0 Å². The molecule has 2 rings (SSSR count). The maximum Gasteiger partial charge on any atom is 0.222 e. The summed E-state index contributed by atoms with van der Waals surface area (Å²) >= 11 is 5.32. The van der Waals surface area contributed by atoms with Crippen LogP contribution in [0.2, 0.25) is 0 Å². The van der Waals surface area contributed by atoms with Crippen molar-refractivity contribution >= 4 is 16.8 Å². The van der Waals surface area contributed by atoms with E-state index in [0.717, 1.165) is 16.9 Å². The number of hydrogen-bond acceptors (Lipinski definition) is 3. The molecule has 104 valence electrons. The first kappa shape index (κ1) is 14.5. The lowest BCUT2D eigenvalue weighted by atomic mass is 10.2. The minimum Gasteiger partial charge on any atom is -0.288 e. The van der Waals surface area contributed by atoms with Gasteiger partial charge in [-0.25, -0.2) is 4.68 Å². The third-order valence-corrected chi connectivity index (χ3v) is 3.27. The van der Waals surface area contributed by atoms with Crippen molar-refractivity contribution in [3.63, 3.8) is 0 Å². The summed E-state index contributed by atoms with van der Waals surface area (Å²) in [5.74, 6) is 0. The van der Waals surface area contributed by atoms with Crippen molar-refractivity contribution in [2.24, 2.45) is 0 Å². The van der Waals surface area contributed by atoms with Crippen LogP contribution in [-0.4, -0.2) is 15.0 Å². The Kier molecular flexibility index (Phi) is 4.35. The van der Waals surface area contributed by atoms with Crippen LogP contribution in [0.5, 0.6) is 0 Å². The highest BCUT2D eigenvalue weighted by atomic mass is 35.5. The molecule has 0 atom stereocenters. The number of para-hydroxylation sites is 1. The Morgan fingerprint density at radius 3 is 2.65 bits per heavy atom. The molecule has 0 aliphatic rings. The molecular weight excluding hydrogens is 276 g/mol. The topological polar surface area (TPSA) is 52.0 Å². The molecule has 5 heteroatoms. The fourth-order valence-electron chi connectivity index (χ4n) is 2.02. The van der Waals surface area contributed by atoms with Crippen LogP contribution in [0.1, 0.15) is 23.4 Å². The zero-order valence-electron chi connectivity index (χ0n) is 11.4. The average Bonchev–Trinajstić information content (AvgIpc) is 2.39. The molecule has 1 aromatic heterocycles. The lowest BCUT2D eigenvalue weighted by Crippen LogP contribution is -2.19.